The lowest BCUT2D eigenvalue weighted by molar-refractivity contribution is -0.118. The summed E-state index contributed by atoms with van der Waals surface area (Å²) in [6, 6.07) is 27.5. The number of methoxy groups -OCH3 is 1. The van der Waals surface area contributed by atoms with Crippen molar-refractivity contribution in [2.75, 3.05) is 12.0 Å². The Labute approximate surface area is 148 Å². The number of rotatable bonds is 6. The van der Waals surface area contributed by atoms with Crippen LogP contribution in [0.3, 0.4) is 0 Å². The van der Waals surface area contributed by atoms with Crippen LogP contribution in [0.2, 0.25) is 0 Å². The molecular formula is C22H21NO2. The fraction of sp³-hybridized carbons (Fsp3) is 0.136. The maximum absolute atomic E-state index is 13.0. The highest BCUT2D eigenvalue weighted by molar-refractivity contribution is 5.94. The zero-order valence-corrected chi connectivity index (χ0v) is 14.3. The Morgan fingerprint density at radius 2 is 1.40 bits per heavy atom. The summed E-state index contributed by atoms with van der Waals surface area (Å²) in [5.74, 6) is 0.862. The van der Waals surface area contributed by atoms with Gasteiger partial charge in [0.1, 0.15) is 5.75 Å². The molecule has 0 aliphatic rings. The molecule has 0 spiro atoms. The van der Waals surface area contributed by atoms with Gasteiger partial charge in [-0.15, -0.1) is 0 Å². The van der Waals surface area contributed by atoms with Crippen LogP contribution in [0.1, 0.15) is 11.1 Å². The Morgan fingerprint density at radius 1 is 0.800 bits per heavy atom. The minimum atomic E-state index is 0.0696. The van der Waals surface area contributed by atoms with Gasteiger partial charge in [0.25, 0.3) is 0 Å². The topological polar surface area (TPSA) is 29.5 Å². The van der Waals surface area contributed by atoms with Gasteiger partial charge in [-0.05, 0) is 35.4 Å². The van der Waals surface area contributed by atoms with E-state index in [0.29, 0.717) is 13.0 Å². The second-order valence-electron chi connectivity index (χ2n) is 5.83. The van der Waals surface area contributed by atoms with E-state index in [0.717, 1.165) is 22.6 Å². The van der Waals surface area contributed by atoms with Crippen molar-refractivity contribution in [1.82, 2.24) is 0 Å². The Balaban J connectivity index is 1.81. The molecular weight excluding hydrogens is 310 g/mol. The van der Waals surface area contributed by atoms with E-state index in [9.17, 15) is 4.79 Å². The second-order valence-corrected chi connectivity index (χ2v) is 5.83. The molecule has 3 aromatic carbocycles. The molecule has 0 fully saturated rings. The Hall–Kier alpha value is -3.07. The van der Waals surface area contributed by atoms with Crippen LogP contribution in [0.15, 0.2) is 84.9 Å². The first-order chi connectivity index (χ1) is 12.3. The summed E-state index contributed by atoms with van der Waals surface area (Å²) in [7, 11) is 1.64. The van der Waals surface area contributed by atoms with E-state index in [1.54, 1.807) is 7.11 Å². The van der Waals surface area contributed by atoms with Crippen LogP contribution in [0.25, 0.3) is 0 Å². The number of anilines is 1. The van der Waals surface area contributed by atoms with Gasteiger partial charge in [-0.25, -0.2) is 0 Å². The molecule has 0 N–H and O–H groups in total. The van der Waals surface area contributed by atoms with Crippen LogP contribution in [0, 0.1) is 0 Å². The van der Waals surface area contributed by atoms with Crippen molar-refractivity contribution in [1.29, 1.82) is 0 Å². The highest BCUT2D eigenvalue weighted by Crippen LogP contribution is 2.19. The molecule has 0 aliphatic carbocycles. The molecule has 25 heavy (non-hydrogen) atoms. The van der Waals surface area contributed by atoms with Gasteiger partial charge in [0.15, 0.2) is 0 Å². The minimum absolute atomic E-state index is 0.0696. The number of para-hydroxylation sites is 1. The SMILES string of the molecule is COc1ccc(CC(=O)N(Cc2ccccc2)c2ccccc2)cc1. The first-order valence-electron chi connectivity index (χ1n) is 8.28. The fourth-order valence-corrected chi connectivity index (χ4v) is 2.71. The van der Waals surface area contributed by atoms with E-state index in [4.69, 9.17) is 4.74 Å². The first kappa shape index (κ1) is 16.8. The van der Waals surface area contributed by atoms with Crippen LogP contribution >= 0.6 is 0 Å². The number of hydrogen-bond donors (Lipinski definition) is 0. The monoisotopic (exact) mass is 331 g/mol. The molecule has 3 nitrogen and oxygen atoms in total. The van der Waals surface area contributed by atoms with Gasteiger partial charge in [-0.1, -0.05) is 60.7 Å². The molecule has 0 bridgehead atoms. The van der Waals surface area contributed by atoms with Crippen molar-refractivity contribution in [2.24, 2.45) is 0 Å². The van der Waals surface area contributed by atoms with Gasteiger partial charge in [0, 0.05) is 5.69 Å². The van der Waals surface area contributed by atoms with Crippen molar-refractivity contribution in [3.63, 3.8) is 0 Å². The molecule has 0 heterocycles. The average molecular weight is 331 g/mol. The van der Waals surface area contributed by atoms with Crippen LogP contribution < -0.4 is 9.64 Å². The van der Waals surface area contributed by atoms with Gasteiger partial charge in [-0.3, -0.25) is 4.79 Å². The normalized spacial score (nSPS) is 10.3. The van der Waals surface area contributed by atoms with Crippen LogP contribution in [-0.4, -0.2) is 13.0 Å². The predicted octanol–water partition coefficient (Wildman–Crippen LogP) is 4.47. The number of nitrogens with zero attached hydrogens (tertiary/aromatic N) is 1. The zero-order valence-electron chi connectivity index (χ0n) is 14.3. The molecule has 0 atom stereocenters. The molecule has 0 aromatic heterocycles. The summed E-state index contributed by atoms with van der Waals surface area (Å²) in [6.07, 6.45) is 0.353. The summed E-state index contributed by atoms with van der Waals surface area (Å²) in [5.41, 5.74) is 2.99. The molecule has 126 valence electrons. The Morgan fingerprint density at radius 3 is 2.00 bits per heavy atom. The van der Waals surface area contributed by atoms with Crippen molar-refractivity contribution in [3.8, 4) is 5.75 Å². The van der Waals surface area contributed by atoms with Gasteiger partial charge in [0.05, 0.1) is 20.1 Å². The summed E-state index contributed by atoms with van der Waals surface area (Å²) in [5, 5.41) is 0. The maximum atomic E-state index is 13.0. The van der Waals surface area contributed by atoms with E-state index in [1.807, 2.05) is 89.8 Å². The molecule has 1 amide bonds. The quantitative estimate of drug-likeness (QED) is 0.667. The number of carbonyl (C=O) groups is 1. The largest absolute Gasteiger partial charge is 0.497 e. The van der Waals surface area contributed by atoms with Crippen LogP contribution in [-0.2, 0) is 17.8 Å². The van der Waals surface area contributed by atoms with Gasteiger partial charge in [-0.2, -0.15) is 0 Å². The van der Waals surface area contributed by atoms with Crippen molar-refractivity contribution in [2.45, 2.75) is 13.0 Å². The summed E-state index contributed by atoms with van der Waals surface area (Å²) >= 11 is 0. The lowest BCUT2D eigenvalue weighted by atomic mass is 10.1. The van der Waals surface area contributed by atoms with Gasteiger partial charge in [0.2, 0.25) is 5.91 Å². The number of carbonyl (C=O) groups excluding carboxylic acids is 1. The smallest absolute Gasteiger partial charge is 0.231 e. The third-order valence-corrected chi connectivity index (χ3v) is 4.07. The maximum Gasteiger partial charge on any atom is 0.231 e. The molecule has 0 unspecified atom stereocenters. The fourth-order valence-electron chi connectivity index (χ4n) is 2.71. The third kappa shape index (κ3) is 4.48. The van der Waals surface area contributed by atoms with E-state index >= 15 is 0 Å². The van der Waals surface area contributed by atoms with Crippen molar-refractivity contribution >= 4 is 11.6 Å². The van der Waals surface area contributed by atoms with Crippen molar-refractivity contribution < 1.29 is 9.53 Å². The predicted molar refractivity (Wildman–Crippen MR) is 101 cm³/mol. The number of amides is 1. The van der Waals surface area contributed by atoms with Crippen LogP contribution in [0.5, 0.6) is 5.75 Å². The summed E-state index contributed by atoms with van der Waals surface area (Å²) < 4.78 is 5.17. The Bertz CT molecular complexity index is 798. The molecule has 0 saturated carbocycles. The van der Waals surface area contributed by atoms with E-state index in [2.05, 4.69) is 0 Å². The lowest BCUT2D eigenvalue weighted by Gasteiger charge is -2.23. The average Bonchev–Trinajstić information content (AvgIpc) is 2.68. The van der Waals surface area contributed by atoms with E-state index < -0.39 is 0 Å². The molecule has 3 rings (SSSR count). The zero-order chi connectivity index (χ0) is 17.5. The Kier molecular flexibility index (Phi) is 5.47. The second kappa shape index (κ2) is 8.15. The van der Waals surface area contributed by atoms with E-state index in [-0.39, 0.29) is 5.91 Å². The first-order valence-corrected chi connectivity index (χ1v) is 8.28. The van der Waals surface area contributed by atoms with Crippen molar-refractivity contribution in [3.05, 3.63) is 96.1 Å². The standard InChI is InChI=1S/C22H21NO2/c1-25-21-14-12-18(13-15-21)16-22(24)23(20-10-6-3-7-11-20)17-19-8-4-2-5-9-19/h2-15H,16-17H2,1H3. The number of hydrogen-bond acceptors (Lipinski definition) is 2. The van der Waals surface area contributed by atoms with Crippen LogP contribution in [0.4, 0.5) is 5.69 Å². The minimum Gasteiger partial charge on any atom is -0.497 e. The number of ether oxygens (including phenoxy) is 1. The highest BCUT2D eigenvalue weighted by atomic mass is 16.5. The highest BCUT2D eigenvalue weighted by Gasteiger charge is 2.16. The molecule has 3 heteroatoms. The summed E-state index contributed by atoms with van der Waals surface area (Å²) in [4.78, 5) is 14.8. The van der Waals surface area contributed by atoms with Gasteiger partial charge >= 0.3 is 0 Å². The molecule has 3 aromatic rings. The third-order valence-electron chi connectivity index (χ3n) is 4.07. The van der Waals surface area contributed by atoms with Gasteiger partial charge < -0.3 is 9.64 Å². The van der Waals surface area contributed by atoms with E-state index in [1.165, 1.54) is 0 Å². The number of benzene rings is 3. The summed E-state index contributed by atoms with van der Waals surface area (Å²) in [6.45, 7) is 0.555. The molecule has 0 aliphatic heterocycles. The molecule has 0 radical (unpaired) electrons. The molecule has 0 saturated heterocycles. The lowest BCUT2D eigenvalue weighted by Crippen LogP contribution is -2.31.